The van der Waals surface area contributed by atoms with Crippen LogP contribution in [0.3, 0.4) is 0 Å². The van der Waals surface area contributed by atoms with Crippen molar-refractivity contribution in [1.82, 2.24) is 4.90 Å². The lowest BCUT2D eigenvalue weighted by atomic mass is 9.77. The maximum Gasteiger partial charge on any atom is 0.122 e. The van der Waals surface area contributed by atoms with Gasteiger partial charge in [-0.05, 0) is 49.6 Å². The minimum Gasteiger partial charge on any atom is -0.496 e. The van der Waals surface area contributed by atoms with Crippen LogP contribution in [0.4, 0.5) is 0 Å². The second kappa shape index (κ2) is 5.84. The van der Waals surface area contributed by atoms with E-state index < -0.39 is 5.60 Å². The molecule has 1 N–H and O–H groups in total. The number of ether oxygens (including phenoxy) is 2. The molecule has 3 atom stereocenters. The van der Waals surface area contributed by atoms with E-state index in [9.17, 15) is 5.11 Å². The number of morpholine rings is 1. The third-order valence-corrected chi connectivity index (χ3v) is 5.47. The lowest BCUT2D eigenvalue weighted by molar-refractivity contribution is -0.0653. The van der Waals surface area contributed by atoms with Crippen LogP contribution in [-0.4, -0.2) is 49.5 Å². The van der Waals surface area contributed by atoms with Gasteiger partial charge in [-0.2, -0.15) is 0 Å². The van der Waals surface area contributed by atoms with Gasteiger partial charge in [0.2, 0.25) is 0 Å². The van der Waals surface area contributed by atoms with Crippen molar-refractivity contribution in [3.63, 3.8) is 0 Å². The van der Waals surface area contributed by atoms with Crippen LogP contribution in [0.15, 0.2) is 12.1 Å². The first kappa shape index (κ1) is 15.8. The summed E-state index contributed by atoms with van der Waals surface area (Å²) in [7, 11) is 3.89. The van der Waals surface area contributed by atoms with Crippen LogP contribution < -0.4 is 4.74 Å². The van der Waals surface area contributed by atoms with E-state index in [1.54, 1.807) is 7.11 Å². The number of hydrogen-bond acceptors (Lipinski definition) is 4. The van der Waals surface area contributed by atoms with Crippen molar-refractivity contribution in [2.24, 2.45) is 0 Å². The molecule has 22 heavy (non-hydrogen) atoms. The molecule has 2 aliphatic rings. The number of nitrogens with zero attached hydrogens (tertiary/aromatic N) is 1. The van der Waals surface area contributed by atoms with Crippen molar-refractivity contribution in [3.8, 4) is 5.75 Å². The molecule has 1 saturated heterocycles. The van der Waals surface area contributed by atoms with Gasteiger partial charge in [-0.1, -0.05) is 13.0 Å². The zero-order valence-corrected chi connectivity index (χ0v) is 14.1. The molecule has 1 aromatic carbocycles. The van der Waals surface area contributed by atoms with Crippen molar-refractivity contribution >= 4 is 0 Å². The summed E-state index contributed by atoms with van der Waals surface area (Å²) >= 11 is 0. The minimum absolute atomic E-state index is 0.213. The average Bonchev–Trinajstić information content (AvgIpc) is 2.52. The molecule has 122 valence electrons. The molecule has 0 bridgehead atoms. The number of methoxy groups -OCH3 is 1. The van der Waals surface area contributed by atoms with Crippen LogP contribution in [0.2, 0.25) is 0 Å². The topological polar surface area (TPSA) is 41.9 Å². The smallest absolute Gasteiger partial charge is 0.122 e. The maximum atomic E-state index is 10.8. The molecule has 1 aliphatic carbocycles. The van der Waals surface area contributed by atoms with Crippen molar-refractivity contribution in [3.05, 3.63) is 28.8 Å². The number of benzene rings is 1. The Morgan fingerprint density at radius 1 is 1.36 bits per heavy atom. The van der Waals surface area contributed by atoms with Gasteiger partial charge in [0.1, 0.15) is 5.75 Å². The summed E-state index contributed by atoms with van der Waals surface area (Å²) in [6, 6.07) is 4.42. The number of hydrogen-bond donors (Lipinski definition) is 1. The normalized spacial score (nSPS) is 27.7. The molecule has 0 aromatic heterocycles. The van der Waals surface area contributed by atoms with Gasteiger partial charge in [-0.15, -0.1) is 0 Å². The Hall–Kier alpha value is -1.10. The maximum absolute atomic E-state index is 10.8. The molecule has 0 amide bonds. The zero-order valence-electron chi connectivity index (χ0n) is 14.1. The second-order valence-corrected chi connectivity index (χ2v) is 6.77. The van der Waals surface area contributed by atoms with Gasteiger partial charge in [0, 0.05) is 19.0 Å². The van der Waals surface area contributed by atoms with E-state index in [2.05, 4.69) is 11.9 Å². The summed E-state index contributed by atoms with van der Waals surface area (Å²) < 4.78 is 11.6. The van der Waals surface area contributed by atoms with Crippen LogP contribution in [0.25, 0.3) is 0 Å². The molecule has 3 rings (SSSR count). The Kier molecular flexibility index (Phi) is 4.19. The van der Waals surface area contributed by atoms with Gasteiger partial charge in [-0.25, -0.2) is 0 Å². The lowest BCUT2D eigenvalue weighted by Gasteiger charge is -2.44. The van der Waals surface area contributed by atoms with Crippen LogP contribution in [-0.2, 0) is 23.2 Å². The first-order valence-electron chi connectivity index (χ1n) is 8.21. The molecule has 1 aliphatic heterocycles. The predicted molar refractivity (Wildman–Crippen MR) is 86.4 cm³/mol. The van der Waals surface area contributed by atoms with E-state index in [1.807, 2.05) is 26.0 Å². The molecule has 1 unspecified atom stereocenters. The second-order valence-electron chi connectivity index (χ2n) is 6.77. The third kappa shape index (κ3) is 2.53. The summed E-state index contributed by atoms with van der Waals surface area (Å²) in [6.07, 6.45) is 2.69. The molecule has 0 spiro atoms. The summed E-state index contributed by atoms with van der Waals surface area (Å²) in [5.41, 5.74) is 2.69. The fourth-order valence-corrected chi connectivity index (χ4v) is 3.82. The predicted octanol–water partition coefficient (Wildman–Crippen LogP) is 2.11. The summed E-state index contributed by atoms with van der Waals surface area (Å²) in [6.45, 7) is 5.68. The van der Waals surface area contributed by atoms with E-state index in [1.165, 1.54) is 11.1 Å². The van der Waals surface area contributed by atoms with Gasteiger partial charge < -0.3 is 14.6 Å². The first-order valence-corrected chi connectivity index (χ1v) is 8.21. The highest BCUT2D eigenvalue weighted by atomic mass is 16.5. The monoisotopic (exact) mass is 305 g/mol. The van der Waals surface area contributed by atoms with E-state index in [0.29, 0.717) is 12.5 Å². The fraction of sp³-hybridized carbons (Fsp3) is 0.667. The number of rotatable bonds is 3. The molecule has 4 heteroatoms. The molecular weight excluding hydrogens is 278 g/mol. The molecule has 1 aromatic rings. The summed E-state index contributed by atoms with van der Waals surface area (Å²) in [5, 5.41) is 10.8. The van der Waals surface area contributed by atoms with Crippen molar-refractivity contribution in [1.29, 1.82) is 0 Å². The van der Waals surface area contributed by atoms with Crippen LogP contribution in [0.5, 0.6) is 5.75 Å². The molecule has 1 fully saturated rings. The fourth-order valence-electron chi connectivity index (χ4n) is 3.82. The summed E-state index contributed by atoms with van der Waals surface area (Å²) in [5.74, 6) is 0.933. The largest absolute Gasteiger partial charge is 0.496 e. The number of aliphatic hydroxyl groups is 1. The molecular formula is C18H27NO3. The van der Waals surface area contributed by atoms with Crippen molar-refractivity contribution < 1.29 is 14.6 Å². The Bertz CT molecular complexity index is 556. The highest BCUT2D eigenvalue weighted by Crippen LogP contribution is 2.40. The molecule has 0 radical (unpaired) electrons. The van der Waals surface area contributed by atoms with Crippen LogP contribution in [0.1, 0.15) is 37.0 Å². The summed E-state index contributed by atoms with van der Waals surface area (Å²) in [4.78, 5) is 2.39. The highest BCUT2D eigenvalue weighted by molar-refractivity contribution is 5.49. The minimum atomic E-state index is -0.802. The van der Waals surface area contributed by atoms with Crippen LogP contribution >= 0.6 is 0 Å². The van der Waals surface area contributed by atoms with Crippen molar-refractivity contribution in [2.75, 3.05) is 27.3 Å². The Morgan fingerprint density at radius 3 is 2.82 bits per heavy atom. The zero-order chi connectivity index (χ0) is 15.9. The van der Waals surface area contributed by atoms with Gasteiger partial charge in [0.15, 0.2) is 0 Å². The highest BCUT2D eigenvalue weighted by Gasteiger charge is 2.39. The standard InChI is InChI=1S/C18H27NO3/c1-5-18(2,20)14-6-7-16(21-4)13-10-15-17(11-12(13)14)22-9-8-19(15)3/h6-7,15,17,20H,5,8-11H2,1-4H3/t15-,17-,18?/m1/s1. The van der Waals surface area contributed by atoms with Gasteiger partial charge in [0.25, 0.3) is 0 Å². The van der Waals surface area contributed by atoms with Crippen LogP contribution in [0, 0.1) is 0 Å². The first-order chi connectivity index (χ1) is 10.5. The van der Waals surface area contributed by atoms with E-state index in [-0.39, 0.29) is 6.10 Å². The third-order valence-electron chi connectivity index (χ3n) is 5.47. The quantitative estimate of drug-likeness (QED) is 0.929. The van der Waals surface area contributed by atoms with E-state index in [0.717, 1.165) is 37.3 Å². The van der Waals surface area contributed by atoms with Gasteiger partial charge in [-0.3, -0.25) is 4.90 Å². The van der Waals surface area contributed by atoms with Gasteiger partial charge in [0.05, 0.1) is 25.4 Å². The molecule has 0 saturated carbocycles. The Balaban J connectivity index is 2.08. The molecule has 4 nitrogen and oxygen atoms in total. The van der Waals surface area contributed by atoms with Gasteiger partial charge >= 0.3 is 0 Å². The SMILES string of the molecule is CCC(C)(O)c1ccc(OC)c2c1C[C@H]1OCCN(C)[C@@H]1C2. The lowest BCUT2D eigenvalue weighted by Crippen LogP contribution is -2.53. The average molecular weight is 305 g/mol. The Morgan fingerprint density at radius 2 is 2.14 bits per heavy atom. The van der Waals surface area contributed by atoms with Crippen molar-refractivity contribution in [2.45, 2.75) is 50.9 Å². The molecule has 1 heterocycles. The number of likely N-dealkylation sites (N-methyl/N-ethyl adjacent to an activating group) is 1. The van der Waals surface area contributed by atoms with E-state index >= 15 is 0 Å². The number of fused-ring (bicyclic) bond motifs is 2. The van der Waals surface area contributed by atoms with E-state index in [4.69, 9.17) is 9.47 Å². The Labute approximate surface area is 133 Å².